The van der Waals surface area contributed by atoms with E-state index in [9.17, 15) is 14.6 Å². The molecule has 1 fully saturated rings. The number of hydrogen-bond donors (Lipinski definition) is 2. The van der Waals surface area contributed by atoms with E-state index < -0.39 is 17.5 Å². The van der Waals surface area contributed by atoms with Crippen molar-refractivity contribution in [2.75, 3.05) is 7.11 Å². The van der Waals surface area contributed by atoms with Gasteiger partial charge >= 0.3 is 0 Å². The van der Waals surface area contributed by atoms with E-state index in [1.54, 1.807) is 12.1 Å². The molecule has 1 aromatic carbocycles. The highest BCUT2D eigenvalue weighted by Crippen LogP contribution is 2.32. The van der Waals surface area contributed by atoms with Gasteiger partial charge in [0.1, 0.15) is 0 Å². The van der Waals surface area contributed by atoms with Crippen LogP contribution >= 0.6 is 0 Å². The molecule has 0 spiro atoms. The summed E-state index contributed by atoms with van der Waals surface area (Å²) in [6, 6.07) is 4.62. The minimum Gasteiger partial charge on any atom is -0.494 e. The van der Waals surface area contributed by atoms with Crippen molar-refractivity contribution in [3.8, 4) is 5.75 Å². The van der Waals surface area contributed by atoms with Gasteiger partial charge < -0.3 is 14.9 Å². The number of rotatable bonds is 4. The van der Waals surface area contributed by atoms with Gasteiger partial charge in [-0.2, -0.15) is 0 Å². The van der Waals surface area contributed by atoms with Crippen molar-refractivity contribution in [3.05, 3.63) is 29.6 Å². The zero-order valence-electron chi connectivity index (χ0n) is 11.2. The Hall–Kier alpha value is -1.13. The largest absolute Gasteiger partial charge is 0.494 e. The van der Waals surface area contributed by atoms with Gasteiger partial charge in [0.2, 0.25) is 0 Å². The predicted octanol–water partition coefficient (Wildman–Crippen LogP) is 2.43. The topological polar surface area (TPSA) is 49.7 Å². The molecule has 2 N–H and O–H groups in total. The molecule has 0 saturated heterocycles. The normalized spacial score (nSPS) is 20.0. The van der Waals surface area contributed by atoms with Crippen LogP contribution in [0.4, 0.5) is 4.39 Å². The summed E-state index contributed by atoms with van der Waals surface area (Å²) in [4.78, 5) is 0. The van der Waals surface area contributed by atoms with Crippen LogP contribution < -0.4 is 4.74 Å². The van der Waals surface area contributed by atoms with Gasteiger partial charge in [-0.3, -0.25) is 0 Å². The molecule has 1 aliphatic rings. The van der Waals surface area contributed by atoms with E-state index in [2.05, 4.69) is 0 Å². The highest BCUT2D eigenvalue weighted by atomic mass is 19.1. The van der Waals surface area contributed by atoms with Crippen molar-refractivity contribution < 1.29 is 19.3 Å². The van der Waals surface area contributed by atoms with Gasteiger partial charge in [0.15, 0.2) is 11.6 Å². The van der Waals surface area contributed by atoms with Gasteiger partial charge in [-0.1, -0.05) is 25.3 Å². The van der Waals surface area contributed by atoms with Crippen molar-refractivity contribution in [2.24, 2.45) is 0 Å². The molecule has 1 unspecified atom stereocenters. The lowest BCUT2D eigenvalue weighted by molar-refractivity contribution is -0.0960. The van der Waals surface area contributed by atoms with Gasteiger partial charge in [0.05, 0.1) is 18.8 Å². The third-order valence-corrected chi connectivity index (χ3v) is 3.98. The Balaban J connectivity index is 2.05. The first-order valence-electron chi connectivity index (χ1n) is 6.78. The van der Waals surface area contributed by atoms with E-state index in [1.807, 2.05) is 0 Å². The lowest BCUT2D eigenvalue weighted by Gasteiger charge is -2.36. The summed E-state index contributed by atoms with van der Waals surface area (Å²) in [5.41, 5.74) is -0.348. The number of benzene rings is 1. The van der Waals surface area contributed by atoms with E-state index in [0.29, 0.717) is 18.4 Å². The Kier molecular flexibility index (Phi) is 4.42. The Bertz CT molecular complexity index is 427. The monoisotopic (exact) mass is 268 g/mol. The van der Waals surface area contributed by atoms with Gasteiger partial charge in [-0.25, -0.2) is 4.39 Å². The summed E-state index contributed by atoms with van der Waals surface area (Å²) in [6.07, 6.45) is 3.62. The molecular weight excluding hydrogens is 247 g/mol. The number of aliphatic hydroxyl groups excluding tert-OH is 1. The van der Waals surface area contributed by atoms with Gasteiger partial charge in [0, 0.05) is 6.42 Å². The zero-order chi connectivity index (χ0) is 13.9. The lowest BCUT2D eigenvalue weighted by Crippen LogP contribution is -2.45. The van der Waals surface area contributed by atoms with E-state index in [0.717, 1.165) is 19.3 Å². The zero-order valence-corrected chi connectivity index (χ0v) is 11.2. The van der Waals surface area contributed by atoms with Crippen LogP contribution in [0, 0.1) is 5.82 Å². The molecule has 0 radical (unpaired) electrons. The SMILES string of the molecule is COc1ccc(CC(O)C2(O)CCCCC2)cc1F. The molecular formula is C15H21FO3. The smallest absolute Gasteiger partial charge is 0.165 e. The summed E-state index contributed by atoms with van der Waals surface area (Å²) in [5, 5.41) is 20.6. The van der Waals surface area contributed by atoms with Crippen LogP contribution in [-0.2, 0) is 6.42 Å². The number of hydrogen-bond acceptors (Lipinski definition) is 3. The lowest BCUT2D eigenvalue weighted by atomic mass is 9.79. The molecule has 0 amide bonds. The van der Waals surface area contributed by atoms with E-state index in [4.69, 9.17) is 4.74 Å². The Morgan fingerprint density at radius 2 is 2.00 bits per heavy atom. The second kappa shape index (κ2) is 5.88. The molecule has 1 atom stereocenters. The molecule has 3 nitrogen and oxygen atoms in total. The van der Waals surface area contributed by atoms with Gasteiger partial charge in [-0.15, -0.1) is 0 Å². The third-order valence-electron chi connectivity index (χ3n) is 3.98. The Morgan fingerprint density at radius 1 is 1.32 bits per heavy atom. The average molecular weight is 268 g/mol. The Labute approximate surface area is 113 Å². The highest BCUT2D eigenvalue weighted by Gasteiger charge is 2.36. The summed E-state index contributed by atoms with van der Waals surface area (Å²) >= 11 is 0. The third kappa shape index (κ3) is 3.25. The van der Waals surface area contributed by atoms with Crippen molar-refractivity contribution in [3.63, 3.8) is 0 Å². The maximum atomic E-state index is 13.6. The van der Waals surface area contributed by atoms with Crippen LogP contribution in [0.5, 0.6) is 5.75 Å². The molecule has 1 aliphatic carbocycles. The summed E-state index contributed by atoms with van der Waals surface area (Å²) in [7, 11) is 1.41. The van der Waals surface area contributed by atoms with Crippen LogP contribution in [-0.4, -0.2) is 29.0 Å². The standard InChI is InChI=1S/C15H21FO3/c1-19-13-6-5-11(9-12(13)16)10-14(17)15(18)7-3-2-4-8-15/h5-6,9,14,17-18H,2-4,7-8,10H2,1H3. The minimum absolute atomic E-state index is 0.189. The number of ether oxygens (including phenoxy) is 1. The molecule has 0 aromatic heterocycles. The fraction of sp³-hybridized carbons (Fsp3) is 0.600. The van der Waals surface area contributed by atoms with Crippen LogP contribution in [0.15, 0.2) is 18.2 Å². The molecule has 1 aromatic rings. The van der Waals surface area contributed by atoms with E-state index in [1.165, 1.54) is 13.2 Å². The Morgan fingerprint density at radius 3 is 2.58 bits per heavy atom. The molecule has 0 aliphatic heterocycles. The van der Waals surface area contributed by atoms with Crippen LogP contribution in [0.25, 0.3) is 0 Å². The molecule has 0 heterocycles. The molecule has 4 heteroatoms. The number of methoxy groups -OCH3 is 1. The number of halogens is 1. The van der Waals surface area contributed by atoms with Crippen LogP contribution in [0.1, 0.15) is 37.7 Å². The molecule has 1 saturated carbocycles. The van der Waals surface area contributed by atoms with Crippen LogP contribution in [0.3, 0.4) is 0 Å². The second-order valence-corrected chi connectivity index (χ2v) is 5.35. The number of aliphatic hydroxyl groups is 2. The fourth-order valence-corrected chi connectivity index (χ4v) is 2.75. The average Bonchev–Trinajstić information content (AvgIpc) is 2.40. The van der Waals surface area contributed by atoms with E-state index >= 15 is 0 Å². The van der Waals surface area contributed by atoms with Crippen molar-refractivity contribution in [1.29, 1.82) is 0 Å². The highest BCUT2D eigenvalue weighted by molar-refractivity contribution is 5.29. The van der Waals surface area contributed by atoms with E-state index in [-0.39, 0.29) is 12.2 Å². The maximum Gasteiger partial charge on any atom is 0.165 e. The molecule has 19 heavy (non-hydrogen) atoms. The molecule has 2 rings (SSSR count). The van der Waals surface area contributed by atoms with Gasteiger partial charge in [0.25, 0.3) is 0 Å². The van der Waals surface area contributed by atoms with Crippen molar-refractivity contribution in [1.82, 2.24) is 0 Å². The quantitative estimate of drug-likeness (QED) is 0.881. The summed E-state index contributed by atoms with van der Waals surface area (Å²) < 4.78 is 18.4. The summed E-state index contributed by atoms with van der Waals surface area (Å²) in [6.45, 7) is 0. The van der Waals surface area contributed by atoms with Crippen LogP contribution in [0.2, 0.25) is 0 Å². The predicted molar refractivity (Wildman–Crippen MR) is 70.7 cm³/mol. The summed E-state index contributed by atoms with van der Waals surface area (Å²) in [5.74, 6) is -0.252. The first-order chi connectivity index (χ1) is 9.05. The molecule has 0 bridgehead atoms. The van der Waals surface area contributed by atoms with Crippen molar-refractivity contribution in [2.45, 2.75) is 50.2 Å². The van der Waals surface area contributed by atoms with Crippen molar-refractivity contribution >= 4 is 0 Å². The first kappa shape index (κ1) is 14.3. The second-order valence-electron chi connectivity index (χ2n) is 5.35. The minimum atomic E-state index is -1.02. The van der Waals surface area contributed by atoms with Gasteiger partial charge in [-0.05, 0) is 30.5 Å². The maximum absolute atomic E-state index is 13.6. The fourth-order valence-electron chi connectivity index (χ4n) is 2.75. The molecule has 106 valence electrons. The first-order valence-corrected chi connectivity index (χ1v) is 6.78.